The third-order valence-corrected chi connectivity index (χ3v) is 4.77. The summed E-state index contributed by atoms with van der Waals surface area (Å²) in [6.45, 7) is 4.56. The molecule has 1 atom stereocenters. The van der Waals surface area contributed by atoms with Crippen molar-refractivity contribution in [3.8, 4) is 0 Å². The molecule has 30 heavy (non-hydrogen) atoms. The topological polar surface area (TPSA) is 158 Å². The first kappa shape index (κ1) is 33.3. The van der Waals surface area contributed by atoms with Crippen LogP contribution in [-0.4, -0.2) is 29.7 Å². The van der Waals surface area contributed by atoms with Crippen molar-refractivity contribution in [2.24, 2.45) is 22.9 Å². The van der Waals surface area contributed by atoms with Crippen molar-refractivity contribution in [1.82, 2.24) is 0 Å². The summed E-state index contributed by atoms with van der Waals surface area (Å²) in [6.07, 6.45) is 21.4. The molecule has 9 N–H and O–H groups in total. The lowest BCUT2D eigenvalue weighted by molar-refractivity contribution is -0.118. The summed E-state index contributed by atoms with van der Waals surface area (Å²) < 4.78 is 0. The Morgan fingerprint density at radius 2 is 0.967 bits per heavy atom. The average molecular weight is 433 g/mol. The SMILES string of the molecule is CCC(O)CN.CCCCCCCCCCCCCCCCCC(N)=O.NC(N)=O. The molecule has 0 radical (unpaired) electrons. The molecular weight excluding hydrogens is 380 g/mol. The van der Waals surface area contributed by atoms with E-state index in [1.807, 2.05) is 6.92 Å². The van der Waals surface area contributed by atoms with Crippen molar-refractivity contribution in [3.05, 3.63) is 0 Å². The molecule has 0 rings (SSSR count). The molecule has 0 heterocycles. The maximum absolute atomic E-state index is 10.6. The maximum atomic E-state index is 10.6. The fourth-order valence-electron chi connectivity index (χ4n) is 2.84. The second-order valence-corrected chi connectivity index (χ2v) is 7.87. The number of primary amides is 3. The molecule has 0 saturated carbocycles. The Balaban J connectivity index is -0.000000600. The second kappa shape index (κ2) is 29.9. The summed E-state index contributed by atoms with van der Waals surface area (Å²) in [6, 6.07) is -0.833. The van der Waals surface area contributed by atoms with Gasteiger partial charge in [0.15, 0.2) is 0 Å². The molecule has 0 saturated heterocycles. The van der Waals surface area contributed by atoms with Gasteiger partial charge < -0.3 is 28.0 Å². The van der Waals surface area contributed by atoms with Crippen LogP contribution in [0.15, 0.2) is 0 Å². The highest BCUT2D eigenvalue weighted by atomic mass is 16.3. The molecule has 182 valence electrons. The summed E-state index contributed by atoms with van der Waals surface area (Å²) in [7, 11) is 0. The van der Waals surface area contributed by atoms with E-state index in [0.29, 0.717) is 13.0 Å². The van der Waals surface area contributed by atoms with Crippen LogP contribution >= 0.6 is 0 Å². The Labute approximate surface area is 185 Å². The number of nitrogens with two attached hydrogens (primary N) is 4. The van der Waals surface area contributed by atoms with Crippen LogP contribution < -0.4 is 22.9 Å². The van der Waals surface area contributed by atoms with E-state index >= 15 is 0 Å². The summed E-state index contributed by atoms with van der Waals surface area (Å²) in [5.74, 6) is -0.153. The smallest absolute Gasteiger partial charge is 0.309 e. The minimum Gasteiger partial charge on any atom is -0.392 e. The number of urea groups is 1. The molecule has 0 aliphatic rings. The zero-order chi connectivity index (χ0) is 23.5. The van der Waals surface area contributed by atoms with Crippen molar-refractivity contribution >= 4 is 11.9 Å². The standard InChI is InChI=1S/C18H37NO.C4H11NO.CH4N2O/c1-2-3-4-5-6-7-8-9-10-11-12-13-14-15-16-17-18(19)20;1-2-4(6)3-5;2-1(3)4/h2-17H2,1H3,(H2,19,20);4,6H,2-3,5H2,1H3;(H4,2,3,4). The number of hydrogen-bond acceptors (Lipinski definition) is 4. The first-order valence-corrected chi connectivity index (χ1v) is 12.0. The van der Waals surface area contributed by atoms with Crippen molar-refractivity contribution in [3.63, 3.8) is 0 Å². The van der Waals surface area contributed by atoms with Crippen molar-refractivity contribution in [2.45, 2.75) is 129 Å². The van der Waals surface area contributed by atoms with E-state index < -0.39 is 6.03 Å². The van der Waals surface area contributed by atoms with Crippen LogP contribution in [0.5, 0.6) is 0 Å². The van der Waals surface area contributed by atoms with Gasteiger partial charge >= 0.3 is 6.03 Å². The molecule has 0 aromatic carbocycles. The molecule has 1 unspecified atom stereocenters. The Morgan fingerprint density at radius 3 is 1.17 bits per heavy atom. The van der Waals surface area contributed by atoms with Crippen LogP contribution in [0, 0.1) is 0 Å². The zero-order valence-electron chi connectivity index (χ0n) is 19.9. The maximum Gasteiger partial charge on any atom is 0.309 e. The number of carbonyl (C=O) groups excluding carboxylic acids is 2. The lowest BCUT2D eigenvalue weighted by Gasteiger charge is -2.03. The molecular formula is C23H52N4O3. The molecule has 7 nitrogen and oxygen atoms in total. The number of carbonyl (C=O) groups is 2. The normalized spacial score (nSPS) is 10.9. The lowest BCUT2D eigenvalue weighted by atomic mass is 10.0. The highest BCUT2D eigenvalue weighted by Gasteiger charge is 1.96. The Morgan fingerprint density at radius 1 is 0.667 bits per heavy atom. The number of amides is 3. The minimum atomic E-state index is -0.833. The summed E-state index contributed by atoms with van der Waals surface area (Å²) in [4.78, 5) is 19.6. The summed E-state index contributed by atoms with van der Waals surface area (Å²) in [5.41, 5.74) is 18.6. The van der Waals surface area contributed by atoms with Gasteiger partial charge in [-0.2, -0.15) is 0 Å². The third kappa shape index (κ3) is 45.4. The molecule has 0 aliphatic heterocycles. The van der Waals surface area contributed by atoms with E-state index in [1.165, 1.54) is 89.9 Å². The van der Waals surface area contributed by atoms with Crippen LogP contribution in [0.3, 0.4) is 0 Å². The number of unbranched alkanes of at least 4 members (excludes halogenated alkanes) is 14. The van der Waals surface area contributed by atoms with E-state index in [1.54, 1.807) is 0 Å². The van der Waals surface area contributed by atoms with Gasteiger partial charge in [-0.05, 0) is 12.8 Å². The summed E-state index contributed by atoms with van der Waals surface area (Å²) >= 11 is 0. The molecule has 0 bridgehead atoms. The zero-order valence-corrected chi connectivity index (χ0v) is 19.9. The number of rotatable bonds is 18. The molecule has 3 amide bonds. The second-order valence-electron chi connectivity index (χ2n) is 7.87. The quantitative estimate of drug-likeness (QED) is 0.202. The van der Waals surface area contributed by atoms with Crippen molar-refractivity contribution in [1.29, 1.82) is 0 Å². The van der Waals surface area contributed by atoms with Gasteiger partial charge in [0, 0.05) is 13.0 Å². The molecule has 0 fully saturated rings. The van der Waals surface area contributed by atoms with Crippen LogP contribution in [0.1, 0.15) is 123 Å². The van der Waals surface area contributed by atoms with Gasteiger partial charge in [0.2, 0.25) is 5.91 Å². The highest BCUT2D eigenvalue weighted by Crippen LogP contribution is 2.13. The van der Waals surface area contributed by atoms with Gasteiger partial charge in [-0.15, -0.1) is 0 Å². The molecule has 7 heteroatoms. The minimum absolute atomic E-state index is 0.153. The third-order valence-electron chi connectivity index (χ3n) is 4.77. The number of aliphatic hydroxyl groups excluding tert-OH is 1. The van der Waals surface area contributed by atoms with Crippen LogP contribution in [0.2, 0.25) is 0 Å². The van der Waals surface area contributed by atoms with E-state index in [0.717, 1.165) is 12.8 Å². The van der Waals surface area contributed by atoms with Gasteiger partial charge in [0.05, 0.1) is 6.10 Å². The Bertz CT molecular complexity index is 347. The lowest BCUT2D eigenvalue weighted by Crippen LogP contribution is -2.18. The van der Waals surface area contributed by atoms with Gasteiger partial charge in [-0.1, -0.05) is 104 Å². The van der Waals surface area contributed by atoms with Crippen LogP contribution in [-0.2, 0) is 4.79 Å². The van der Waals surface area contributed by atoms with Crippen LogP contribution in [0.4, 0.5) is 4.79 Å². The van der Waals surface area contributed by atoms with Crippen molar-refractivity contribution in [2.75, 3.05) is 6.54 Å². The van der Waals surface area contributed by atoms with E-state index in [9.17, 15) is 4.79 Å². The number of hydrogen-bond donors (Lipinski definition) is 5. The van der Waals surface area contributed by atoms with Gasteiger partial charge in [0.25, 0.3) is 0 Å². The van der Waals surface area contributed by atoms with E-state index in [4.69, 9.17) is 21.4 Å². The molecule has 0 aromatic heterocycles. The predicted molar refractivity (Wildman–Crippen MR) is 128 cm³/mol. The average Bonchev–Trinajstić information content (AvgIpc) is 2.70. The fraction of sp³-hybridized carbons (Fsp3) is 0.913. The fourth-order valence-corrected chi connectivity index (χ4v) is 2.84. The largest absolute Gasteiger partial charge is 0.392 e. The van der Waals surface area contributed by atoms with Gasteiger partial charge in [-0.25, -0.2) is 4.79 Å². The monoisotopic (exact) mass is 432 g/mol. The first-order chi connectivity index (χ1) is 14.3. The molecule has 0 aliphatic carbocycles. The molecule has 0 spiro atoms. The van der Waals surface area contributed by atoms with Crippen molar-refractivity contribution < 1.29 is 14.7 Å². The highest BCUT2D eigenvalue weighted by molar-refractivity contribution is 5.73. The summed E-state index contributed by atoms with van der Waals surface area (Å²) in [5, 5.41) is 8.54. The van der Waals surface area contributed by atoms with Gasteiger partial charge in [0.1, 0.15) is 0 Å². The van der Waals surface area contributed by atoms with E-state index in [-0.39, 0.29) is 12.0 Å². The van der Waals surface area contributed by atoms with Crippen LogP contribution in [0.25, 0.3) is 0 Å². The predicted octanol–water partition coefficient (Wildman–Crippen LogP) is 4.47. The first-order valence-electron chi connectivity index (χ1n) is 12.0. The van der Waals surface area contributed by atoms with E-state index in [2.05, 4.69) is 18.4 Å². The Kier molecular flexibility index (Phi) is 33.1. The molecule has 0 aromatic rings. The van der Waals surface area contributed by atoms with Gasteiger partial charge in [-0.3, -0.25) is 4.79 Å². The Hall–Kier alpha value is -1.34. The number of aliphatic hydroxyl groups is 1.